The fourth-order valence-electron chi connectivity index (χ4n) is 2.40. The maximum absolute atomic E-state index is 9.91. The molecule has 2 unspecified atom stereocenters. The van der Waals surface area contributed by atoms with Crippen LogP contribution in [-0.4, -0.2) is 48.3 Å². The Morgan fingerprint density at radius 1 is 1.41 bits per heavy atom. The van der Waals surface area contributed by atoms with Gasteiger partial charge in [-0.1, -0.05) is 34.6 Å². The lowest BCUT2D eigenvalue weighted by Gasteiger charge is -2.39. The molecule has 0 aromatic rings. The van der Waals surface area contributed by atoms with Gasteiger partial charge >= 0.3 is 0 Å². The van der Waals surface area contributed by atoms with Crippen LogP contribution in [0.3, 0.4) is 0 Å². The Bertz CT molecular complexity index is 228. The van der Waals surface area contributed by atoms with Crippen molar-refractivity contribution in [3.8, 4) is 0 Å². The topological polar surface area (TPSA) is 35.5 Å². The summed E-state index contributed by atoms with van der Waals surface area (Å²) in [6.07, 6.45) is 0.979. The second-order valence-electron chi connectivity index (χ2n) is 6.77. The first-order valence-electron chi connectivity index (χ1n) is 6.94. The third-order valence-electron chi connectivity index (χ3n) is 3.64. The summed E-state index contributed by atoms with van der Waals surface area (Å²) in [5, 5.41) is 13.4. The Labute approximate surface area is 107 Å². The van der Waals surface area contributed by atoms with E-state index in [2.05, 4.69) is 44.8 Å². The lowest BCUT2D eigenvalue weighted by Crippen LogP contribution is -2.48. The monoisotopic (exact) mass is 242 g/mol. The van der Waals surface area contributed by atoms with Crippen molar-refractivity contribution in [2.24, 2.45) is 11.3 Å². The largest absolute Gasteiger partial charge is 0.392 e. The summed E-state index contributed by atoms with van der Waals surface area (Å²) in [7, 11) is 0. The standard InChI is InChI=1S/C14H30N2O/c1-11(2)15-9-14(4,5)10-16-7-6-12(3)13(17)8-16/h11-13,15,17H,6-10H2,1-5H3. The van der Waals surface area contributed by atoms with Crippen LogP contribution in [0.1, 0.15) is 41.0 Å². The highest BCUT2D eigenvalue weighted by Crippen LogP contribution is 2.22. The van der Waals surface area contributed by atoms with Crippen molar-refractivity contribution in [1.29, 1.82) is 0 Å². The molecule has 0 saturated carbocycles. The second kappa shape index (κ2) is 6.17. The molecule has 1 saturated heterocycles. The molecular formula is C14H30N2O. The van der Waals surface area contributed by atoms with Gasteiger partial charge in [0.05, 0.1) is 6.10 Å². The predicted molar refractivity (Wildman–Crippen MR) is 73.1 cm³/mol. The van der Waals surface area contributed by atoms with Crippen LogP contribution in [0, 0.1) is 11.3 Å². The molecule has 0 aromatic carbocycles. The molecule has 0 aromatic heterocycles. The van der Waals surface area contributed by atoms with E-state index in [0.29, 0.717) is 12.0 Å². The molecule has 1 fully saturated rings. The van der Waals surface area contributed by atoms with Gasteiger partial charge in [-0.05, 0) is 24.3 Å². The van der Waals surface area contributed by atoms with Gasteiger partial charge in [-0.3, -0.25) is 0 Å². The van der Waals surface area contributed by atoms with E-state index in [0.717, 1.165) is 32.6 Å². The highest BCUT2D eigenvalue weighted by Gasteiger charge is 2.28. The molecule has 0 amide bonds. The normalized spacial score (nSPS) is 27.7. The lowest BCUT2D eigenvalue weighted by molar-refractivity contribution is 0.0143. The van der Waals surface area contributed by atoms with Crippen LogP contribution in [0.25, 0.3) is 0 Å². The summed E-state index contributed by atoms with van der Waals surface area (Å²) in [5.74, 6) is 0.461. The van der Waals surface area contributed by atoms with Crippen LogP contribution < -0.4 is 5.32 Å². The minimum atomic E-state index is -0.141. The van der Waals surface area contributed by atoms with Crippen molar-refractivity contribution in [3.63, 3.8) is 0 Å². The van der Waals surface area contributed by atoms with E-state index in [4.69, 9.17) is 0 Å². The number of β-amino-alcohol motifs (C(OH)–C–C–N with tert-alkyl or cyclic N) is 1. The van der Waals surface area contributed by atoms with E-state index in [1.807, 2.05) is 0 Å². The van der Waals surface area contributed by atoms with Gasteiger partial charge in [0.1, 0.15) is 0 Å². The number of rotatable bonds is 5. The van der Waals surface area contributed by atoms with Crippen molar-refractivity contribution in [3.05, 3.63) is 0 Å². The summed E-state index contributed by atoms with van der Waals surface area (Å²) in [6, 6.07) is 0.543. The number of nitrogens with zero attached hydrogens (tertiary/aromatic N) is 1. The Kier molecular flexibility index (Phi) is 5.42. The minimum absolute atomic E-state index is 0.141. The van der Waals surface area contributed by atoms with E-state index in [1.54, 1.807) is 0 Å². The smallest absolute Gasteiger partial charge is 0.0693 e. The molecule has 17 heavy (non-hydrogen) atoms. The average molecular weight is 242 g/mol. The van der Waals surface area contributed by atoms with Crippen LogP contribution in [-0.2, 0) is 0 Å². The molecule has 1 aliphatic rings. The molecule has 1 rings (SSSR count). The zero-order chi connectivity index (χ0) is 13.1. The average Bonchev–Trinajstić information content (AvgIpc) is 2.21. The van der Waals surface area contributed by atoms with Gasteiger partial charge in [-0.2, -0.15) is 0 Å². The van der Waals surface area contributed by atoms with Gasteiger partial charge in [0.2, 0.25) is 0 Å². The number of aliphatic hydroxyl groups is 1. The van der Waals surface area contributed by atoms with E-state index in [-0.39, 0.29) is 11.5 Å². The quantitative estimate of drug-likeness (QED) is 0.770. The van der Waals surface area contributed by atoms with E-state index < -0.39 is 0 Å². The first kappa shape index (κ1) is 14.9. The first-order valence-corrected chi connectivity index (χ1v) is 6.94. The van der Waals surface area contributed by atoms with Gasteiger partial charge in [-0.15, -0.1) is 0 Å². The van der Waals surface area contributed by atoms with Gasteiger partial charge in [0.25, 0.3) is 0 Å². The number of nitrogens with one attached hydrogen (secondary N) is 1. The highest BCUT2D eigenvalue weighted by atomic mass is 16.3. The molecule has 0 aliphatic carbocycles. The molecular weight excluding hydrogens is 212 g/mol. The van der Waals surface area contributed by atoms with Crippen LogP contribution >= 0.6 is 0 Å². The number of piperidine rings is 1. The van der Waals surface area contributed by atoms with E-state index in [9.17, 15) is 5.11 Å². The van der Waals surface area contributed by atoms with E-state index >= 15 is 0 Å². The van der Waals surface area contributed by atoms with Crippen LogP contribution in [0.15, 0.2) is 0 Å². The maximum atomic E-state index is 9.91. The van der Waals surface area contributed by atoms with Crippen molar-refractivity contribution >= 4 is 0 Å². The second-order valence-corrected chi connectivity index (χ2v) is 6.77. The van der Waals surface area contributed by atoms with Crippen LogP contribution in [0.4, 0.5) is 0 Å². The first-order chi connectivity index (χ1) is 7.80. The predicted octanol–water partition coefficient (Wildman–Crippen LogP) is 1.71. The summed E-state index contributed by atoms with van der Waals surface area (Å²) < 4.78 is 0. The van der Waals surface area contributed by atoms with Gasteiger partial charge < -0.3 is 15.3 Å². The maximum Gasteiger partial charge on any atom is 0.0693 e. The Morgan fingerprint density at radius 3 is 2.59 bits per heavy atom. The summed E-state index contributed by atoms with van der Waals surface area (Å²) in [5.41, 5.74) is 0.268. The third-order valence-corrected chi connectivity index (χ3v) is 3.64. The molecule has 0 spiro atoms. The Hall–Kier alpha value is -0.120. The van der Waals surface area contributed by atoms with Crippen LogP contribution in [0.5, 0.6) is 0 Å². The fourth-order valence-corrected chi connectivity index (χ4v) is 2.40. The summed E-state index contributed by atoms with van der Waals surface area (Å²) >= 11 is 0. The number of aliphatic hydroxyl groups excluding tert-OH is 1. The fraction of sp³-hybridized carbons (Fsp3) is 1.00. The SMILES string of the molecule is CC(C)NCC(C)(C)CN1CCC(C)C(O)C1. The number of hydrogen-bond donors (Lipinski definition) is 2. The van der Waals surface area contributed by atoms with Gasteiger partial charge in [0.15, 0.2) is 0 Å². The van der Waals surface area contributed by atoms with Gasteiger partial charge in [0, 0.05) is 25.7 Å². The van der Waals surface area contributed by atoms with Crippen molar-refractivity contribution in [1.82, 2.24) is 10.2 Å². The Balaban J connectivity index is 2.36. The zero-order valence-corrected chi connectivity index (χ0v) is 12.2. The summed E-state index contributed by atoms with van der Waals surface area (Å²) in [4.78, 5) is 2.41. The molecule has 2 N–H and O–H groups in total. The third kappa shape index (κ3) is 5.36. The Morgan fingerprint density at radius 2 is 2.06 bits per heavy atom. The highest BCUT2D eigenvalue weighted by molar-refractivity contribution is 4.83. The lowest BCUT2D eigenvalue weighted by atomic mass is 9.89. The molecule has 3 heteroatoms. The van der Waals surface area contributed by atoms with Crippen molar-refractivity contribution in [2.75, 3.05) is 26.2 Å². The molecule has 3 nitrogen and oxygen atoms in total. The number of likely N-dealkylation sites (tertiary alicyclic amines) is 1. The summed E-state index contributed by atoms with van der Waals surface area (Å²) in [6.45, 7) is 15.2. The van der Waals surface area contributed by atoms with Crippen LogP contribution in [0.2, 0.25) is 0 Å². The number of hydrogen-bond acceptors (Lipinski definition) is 3. The van der Waals surface area contributed by atoms with E-state index in [1.165, 1.54) is 0 Å². The molecule has 102 valence electrons. The molecule has 0 bridgehead atoms. The minimum Gasteiger partial charge on any atom is -0.392 e. The van der Waals surface area contributed by atoms with Crippen molar-refractivity contribution < 1.29 is 5.11 Å². The zero-order valence-electron chi connectivity index (χ0n) is 12.2. The molecule has 0 radical (unpaired) electrons. The molecule has 1 aliphatic heterocycles. The molecule has 1 heterocycles. The van der Waals surface area contributed by atoms with Gasteiger partial charge in [-0.25, -0.2) is 0 Å². The molecule has 2 atom stereocenters. The van der Waals surface area contributed by atoms with Crippen molar-refractivity contribution in [2.45, 2.75) is 53.2 Å².